The van der Waals surface area contributed by atoms with Crippen LogP contribution in [0.2, 0.25) is 0 Å². The van der Waals surface area contributed by atoms with Gasteiger partial charge in [-0.15, -0.1) is 0 Å². The Morgan fingerprint density at radius 3 is 3.00 bits per heavy atom. The minimum Gasteiger partial charge on any atom is -0.392 e. The van der Waals surface area contributed by atoms with Crippen molar-refractivity contribution in [2.24, 2.45) is 11.3 Å². The molecule has 1 spiro atoms. The van der Waals surface area contributed by atoms with Crippen LogP contribution < -0.4 is 0 Å². The number of cyclic esters (lactones) is 2. The van der Waals surface area contributed by atoms with Crippen LogP contribution in [0.25, 0.3) is 0 Å². The van der Waals surface area contributed by atoms with Crippen LogP contribution in [-0.2, 0) is 14.3 Å². The predicted molar refractivity (Wildman–Crippen MR) is 39.0 cm³/mol. The summed E-state index contributed by atoms with van der Waals surface area (Å²) >= 11 is 0. The highest BCUT2D eigenvalue weighted by atomic mass is 16.6. The van der Waals surface area contributed by atoms with Crippen molar-refractivity contribution in [1.82, 2.24) is 0 Å². The number of ether oxygens (including phenoxy) is 1. The maximum Gasteiger partial charge on any atom is 0.321 e. The second-order valence-electron chi connectivity index (χ2n) is 3.86. The summed E-state index contributed by atoms with van der Waals surface area (Å²) in [5, 5.41) is 0. The standard InChI is InChI=1S/C9H8O3/c10-7-6-3-5-1-2-9(6,4-5)8(11)12-7/h1,6H,2-4H2. The van der Waals surface area contributed by atoms with E-state index in [1.54, 1.807) is 0 Å². The van der Waals surface area contributed by atoms with E-state index in [1.807, 2.05) is 0 Å². The zero-order valence-electron chi connectivity index (χ0n) is 6.50. The lowest BCUT2D eigenvalue weighted by Crippen LogP contribution is -2.27. The molecule has 1 aliphatic heterocycles. The lowest BCUT2D eigenvalue weighted by atomic mass is 9.78. The third kappa shape index (κ3) is 0.480. The highest BCUT2D eigenvalue weighted by Crippen LogP contribution is 2.58. The molecule has 2 unspecified atom stereocenters. The average Bonchev–Trinajstić information content (AvgIpc) is 2.65. The lowest BCUT2D eigenvalue weighted by Gasteiger charge is -2.18. The Morgan fingerprint density at radius 2 is 2.33 bits per heavy atom. The first-order valence-corrected chi connectivity index (χ1v) is 4.16. The molecule has 1 heterocycles. The number of fused-ring (bicyclic) bond motifs is 1. The van der Waals surface area contributed by atoms with Crippen LogP contribution in [0.15, 0.2) is 11.6 Å². The highest BCUT2D eigenvalue weighted by Gasteiger charge is 2.62. The molecule has 1 saturated heterocycles. The smallest absolute Gasteiger partial charge is 0.321 e. The summed E-state index contributed by atoms with van der Waals surface area (Å²) in [7, 11) is 0. The van der Waals surface area contributed by atoms with Crippen LogP contribution in [0.3, 0.4) is 0 Å². The van der Waals surface area contributed by atoms with Crippen LogP contribution >= 0.6 is 0 Å². The van der Waals surface area contributed by atoms with Crippen LogP contribution in [-0.4, -0.2) is 11.9 Å². The molecule has 0 aromatic heterocycles. The van der Waals surface area contributed by atoms with Crippen LogP contribution in [0.1, 0.15) is 19.3 Å². The Bertz CT molecular complexity index is 329. The maximum absolute atomic E-state index is 11.4. The molecule has 3 heteroatoms. The number of allylic oxidation sites excluding steroid dienone is 2. The van der Waals surface area contributed by atoms with Gasteiger partial charge in [-0.1, -0.05) is 11.6 Å². The number of carbonyl (C=O) groups is 2. The van der Waals surface area contributed by atoms with Crippen molar-refractivity contribution in [1.29, 1.82) is 0 Å². The van der Waals surface area contributed by atoms with E-state index in [0.717, 1.165) is 19.3 Å². The molecule has 0 N–H and O–H groups in total. The van der Waals surface area contributed by atoms with Gasteiger partial charge in [-0.25, -0.2) is 0 Å². The van der Waals surface area contributed by atoms with Gasteiger partial charge in [-0.2, -0.15) is 0 Å². The number of esters is 2. The molecule has 1 saturated carbocycles. The molecule has 0 aromatic rings. The van der Waals surface area contributed by atoms with Crippen molar-refractivity contribution in [3.8, 4) is 0 Å². The minimum absolute atomic E-state index is 0.148. The van der Waals surface area contributed by atoms with Crippen molar-refractivity contribution >= 4 is 11.9 Å². The van der Waals surface area contributed by atoms with Gasteiger partial charge >= 0.3 is 11.9 Å². The van der Waals surface area contributed by atoms with Crippen LogP contribution in [0.4, 0.5) is 0 Å². The molecule has 12 heavy (non-hydrogen) atoms. The van der Waals surface area contributed by atoms with Crippen molar-refractivity contribution in [2.45, 2.75) is 19.3 Å². The minimum atomic E-state index is -0.452. The molecule has 0 aromatic carbocycles. The van der Waals surface area contributed by atoms with Gasteiger partial charge in [-0.05, 0) is 19.3 Å². The summed E-state index contributed by atoms with van der Waals surface area (Å²) in [5.41, 5.74) is 0.817. The van der Waals surface area contributed by atoms with Gasteiger partial charge in [0, 0.05) is 0 Å². The molecule has 0 radical (unpaired) electrons. The molecule has 2 atom stereocenters. The predicted octanol–water partition coefficient (Wildman–Crippen LogP) is 0.796. The zero-order valence-corrected chi connectivity index (χ0v) is 6.50. The van der Waals surface area contributed by atoms with Gasteiger partial charge in [0.2, 0.25) is 0 Å². The van der Waals surface area contributed by atoms with E-state index >= 15 is 0 Å². The van der Waals surface area contributed by atoms with Gasteiger partial charge in [0.25, 0.3) is 0 Å². The summed E-state index contributed by atoms with van der Waals surface area (Å²) < 4.78 is 4.64. The number of rotatable bonds is 0. The van der Waals surface area contributed by atoms with E-state index in [0.29, 0.717) is 0 Å². The Balaban J connectivity index is 2.15. The number of hydrogen-bond donors (Lipinski definition) is 0. The maximum atomic E-state index is 11.4. The van der Waals surface area contributed by atoms with Gasteiger partial charge < -0.3 is 4.74 Å². The summed E-state index contributed by atoms with van der Waals surface area (Å²) in [6, 6.07) is 0. The molecule has 2 aliphatic carbocycles. The summed E-state index contributed by atoms with van der Waals surface area (Å²) in [6.07, 6.45) is 4.32. The second kappa shape index (κ2) is 1.63. The summed E-state index contributed by atoms with van der Waals surface area (Å²) in [6.45, 7) is 0. The SMILES string of the molecule is O=C1OC(=O)C23CC=C(CC12)C3. The van der Waals surface area contributed by atoms with E-state index in [4.69, 9.17) is 0 Å². The van der Waals surface area contributed by atoms with E-state index < -0.39 is 5.41 Å². The zero-order chi connectivity index (χ0) is 8.34. The third-order valence-corrected chi connectivity index (χ3v) is 3.32. The van der Waals surface area contributed by atoms with Crippen molar-refractivity contribution in [2.75, 3.05) is 0 Å². The topological polar surface area (TPSA) is 43.4 Å². The fourth-order valence-electron chi connectivity index (χ4n) is 2.63. The van der Waals surface area contributed by atoms with Gasteiger partial charge in [0.05, 0.1) is 11.3 Å². The quantitative estimate of drug-likeness (QED) is 0.302. The van der Waals surface area contributed by atoms with Crippen LogP contribution in [0.5, 0.6) is 0 Å². The Hall–Kier alpha value is -1.12. The molecule has 3 rings (SSSR count). The van der Waals surface area contributed by atoms with Gasteiger partial charge in [-0.3, -0.25) is 9.59 Å². The van der Waals surface area contributed by atoms with Gasteiger partial charge in [0.15, 0.2) is 0 Å². The molecule has 0 amide bonds. The molecule has 2 bridgehead atoms. The van der Waals surface area contributed by atoms with Crippen molar-refractivity contribution in [3.05, 3.63) is 11.6 Å². The Labute approximate surface area is 69.4 Å². The van der Waals surface area contributed by atoms with Crippen LogP contribution in [0, 0.1) is 11.3 Å². The first-order chi connectivity index (χ1) is 5.72. The molecule has 3 aliphatic rings. The average molecular weight is 164 g/mol. The third-order valence-electron chi connectivity index (χ3n) is 3.32. The largest absolute Gasteiger partial charge is 0.392 e. The monoisotopic (exact) mass is 164 g/mol. The first kappa shape index (κ1) is 6.40. The highest BCUT2D eigenvalue weighted by molar-refractivity contribution is 6.01. The number of hydrogen-bond acceptors (Lipinski definition) is 3. The number of carbonyl (C=O) groups excluding carboxylic acids is 2. The molecule has 62 valence electrons. The fourth-order valence-corrected chi connectivity index (χ4v) is 2.63. The summed E-state index contributed by atoms with van der Waals surface area (Å²) in [4.78, 5) is 22.5. The van der Waals surface area contributed by atoms with Crippen molar-refractivity contribution < 1.29 is 14.3 Å². The van der Waals surface area contributed by atoms with Gasteiger partial charge in [0.1, 0.15) is 0 Å². The fraction of sp³-hybridized carbons (Fsp3) is 0.556. The molecule has 2 fully saturated rings. The molecular formula is C9H8O3. The van der Waals surface area contributed by atoms with E-state index in [-0.39, 0.29) is 17.9 Å². The van der Waals surface area contributed by atoms with E-state index in [2.05, 4.69) is 10.8 Å². The molecular weight excluding hydrogens is 156 g/mol. The normalized spacial score (nSPS) is 43.0. The first-order valence-electron chi connectivity index (χ1n) is 4.16. The summed E-state index contributed by atoms with van der Waals surface area (Å²) in [5.74, 6) is -0.741. The Kier molecular flexibility index (Phi) is 0.868. The van der Waals surface area contributed by atoms with E-state index in [1.165, 1.54) is 5.57 Å². The van der Waals surface area contributed by atoms with Crippen molar-refractivity contribution in [3.63, 3.8) is 0 Å². The second-order valence-corrected chi connectivity index (χ2v) is 3.86. The molecule has 3 nitrogen and oxygen atoms in total. The Morgan fingerprint density at radius 1 is 1.50 bits per heavy atom. The lowest BCUT2D eigenvalue weighted by molar-refractivity contribution is -0.155. The van der Waals surface area contributed by atoms with E-state index in [9.17, 15) is 9.59 Å².